The Balaban J connectivity index is 3.62. The van der Waals surface area contributed by atoms with Crippen LogP contribution >= 0.6 is 0 Å². The average molecular weight is 127 g/mol. The van der Waals surface area contributed by atoms with Gasteiger partial charge in [-0.2, -0.15) is 13.2 Å². The van der Waals surface area contributed by atoms with E-state index < -0.39 is 12.2 Å². The molecule has 0 bridgehead atoms. The fourth-order valence-corrected chi connectivity index (χ4v) is 0.231. The number of alkyl halides is 3. The van der Waals surface area contributed by atoms with Crippen LogP contribution in [0.15, 0.2) is 0 Å². The molecule has 8 heavy (non-hydrogen) atoms. The van der Waals surface area contributed by atoms with E-state index in [1.54, 1.807) is 0 Å². The molecule has 0 aliphatic heterocycles. The van der Waals surface area contributed by atoms with E-state index in [9.17, 15) is 13.2 Å². The quantitative estimate of drug-likeness (QED) is 0.564. The van der Waals surface area contributed by atoms with Gasteiger partial charge in [-0.3, -0.25) is 0 Å². The first-order valence-corrected chi connectivity index (χ1v) is 2.30. The lowest BCUT2D eigenvalue weighted by Gasteiger charge is -2.11. The van der Waals surface area contributed by atoms with Crippen LogP contribution in [0.3, 0.4) is 0 Å². The summed E-state index contributed by atoms with van der Waals surface area (Å²) in [6.07, 6.45) is -4.27. The van der Waals surface area contributed by atoms with Gasteiger partial charge in [-0.25, -0.2) is 0 Å². The van der Waals surface area contributed by atoms with E-state index in [1.165, 1.54) is 6.92 Å². The van der Waals surface area contributed by atoms with Gasteiger partial charge in [0.2, 0.25) is 0 Å². The molecule has 0 aromatic carbocycles. The first-order valence-electron chi connectivity index (χ1n) is 2.30. The molecule has 0 aromatic heterocycles. The largest absolute Gasteiger partial charge is 0.403 e. The van der Waals surface area contributed by atoms with Crippen molar-refractivity contribution in [3.05, 3.63) is 0 Å². The van der Waals surface area contributed by atoms with Crippen molar-refractivity contribution in [1.29, 1.82) is 0 Å². The molecule has 2 N–H and O–H groups in total. The third-order valence-corrected chi connectivity index (χ3v) is 0.860. The van der Waals surface area contributed by atoms with Crippen LogP contribution in [-0.2, 0) is 0 Å². The first kappa shape index (κ1) is 7.75. The van der Waals surface area contributed by atoms with Crippen LogP contribution in [0.5, 0.6) is 0 Å². The number of nitrogens with two attached hydrogens (primary N) is 1. The zero-order valence-electron chi connectivity index (χ0n) is 4.50. The molecule has 0 heterocycles. The van der Waals surface area contributed by atoms with Gasteiger partial charge in [0.25, 0.3) is 0 Å². The zero-order chi connectivity index (χ0) is 6.78. The van der Waals surface area contributed by atoms with Crippen molar-refractivity contribution < 1.29 is 13.2 Å². The van der Waals surface area contributed by atoms with E-state index >= 15 is 0 Å². The average Bonchev–Trinajstić information content (AvgIpc) is 1.62. The van der Waals surface area contributed by atoms with Crippen molar-refractivity contribution in [1.82, 2.24) is 0 Å². The topological polar surface area (TPSA) is 26.0 Å². The molecule has 0 saturated carbocycles. The van der Waals surface area contributed by atoms with Gasteiger partial charge >= 0.3 is 6.18 Å². The summed E-state index contributed by atoms with van der Waals surface area (Å²) in [4.78, 5) is 0. The van der Waals surface area contributed by atoms with Crippen LogP contribution in [0, 0.1) is 0 Å². The van der Waals surface area contributed by atoms with E-state index in [4.69, 9.17) is 0 Å². The first-order chi connectivity index (χ1) is 3.48. The summed E-state index contributed by atoms with van der Waals surface area (Å²) in [5.74, 6) is 0. The van der Waals surface area contributed by atoms with Crippen LogP contribution in [0.4, 0.5) is 13.2 Å². The van der Waals surface area contributed by atoms with Gasteiger partial charge in [0, 0.05) is 0 Å². The Morgan fingerprint density at radius 2 is 1.88 bits per heavy atom. The smallest absolute Gasteiger partial charge is 0.320 e. The van der Waals surface area contributed by atoms with Crippen LogP contribution in [0.25, 0.3) is 0 Å². The molecule has 0 aliphatic carbocycles. The SMILES string of the molecule is CC[C@@H](N)C(F)(F)F. The fraction of sp³-hybridized carbons (Fsp3) is 1.00. The van der Waals surface area contributed by atoms with E-state index in [2.05, 4.69) is 5.73 Å². The second kappa shape index (κ2) is 2.35. The Hall–Kier alpha value is -0.250. The van der Waals surface area contributed by atoms with Gasteiger partial charge in [0.15, 0.2) is 0 Å². The molecule has 0 amide bonds. The number of rotatable bonds is 1. The highest BCUT2D eigenvalue weighted by molar-refractivity contribution is 4.66. The van der Waals surface area contributed by atoms with E-state index in [-0.39, 0.29) is 6.42 Å². The fourth-order valence-electron chi connectivity index (χ4n) is 0.231. The summed E-state index contributed by atoms with van der Waals surface area (Å²) in [7, 11) is 0. The van der Waals surface area contributed by atoms with Gasteiger partial charge in [0.05, 0.1) is 0 Å². The highest BCUT2D eigenvalue weighted by Crippen LogP contribution is 2.19. The third kappa shape index (κ3) is 2.16. The molecule has 1 nitrogen and oxygen atoms in total. The van der Waals surface area contributed by atoms with Crippen molar-refractivity contribution in [2.45, 2.75) is 25.6 Å². The molecule has 0 aromatic rings. The minimum Gasteiger partial charge on any atom is -0.320 e. The van der Waals surface area contributed by atoms with E-state index in [0.717, 1.165) is 0 Å². The summed E-state index contributed by atoms with van der Waals surface area (Å²) in [6.45, 7) is 1.40. The number of halogens is 3. The monoisotopic (exact) mass is 127 g/mol. The molecule has 1 atom stereocenters. The predicted molar refractivity (Wildman–Crippen MR) is 24.3 cm³/mol. The number of hydrogen-bond donors (Lipinski definition) is 1. The second-order valence-electron chi connectivity index (χ2n) is 1.56. The van der Waals surface area contributed by atoms with E-state index in [1.807, 2.05) is 0 Å². The standard InChI is InChI=1S/C4H8F3N/c1-2-3(8)4(5,6)7/h3H,2,8H2,1H3/t3-/m1/s1. The van der Waals surface area contributed by atoms with Crippen LogP contribution in [-0.4, -0.2) is 12.2 Å². The zero-order valence-corrected chi connectivity index (χ0v) is 4.50. The molecule has 4 heteroatoms. The van der Waals surface area contributed by atoms with Crippen molar-refractivity contribution in [3.63, 3.8) is 0 Å². The van der Waals surface area contributed by atoms with Gasteiger partial charge in [0.1, 0.15) is 6.04 Å². The Morgan fingerprint density at radius 3 is 1.88 bits per heavy atom. The van der Waals surface area contributed by atoms with Gasteiger partial charge < -0.3 is 5.73 Å². The molecule has 50 valence electrons. The maximum Gasteiger partial charge on any atom is 0.403 e. The highest BCUT2D eigenvalue weighted by atomic mass is 19.4. The molecular formula is C4H8F3N. The Kier molecular flexibility index (Phi) is 2.27. The lowest BCUT2D eigenvalue weighted by Crippen LogP contribution is -2.36. The molecule has 0 unspecified atom stereocenters. The van der Waals surface area contributed by atoms with Crippen LogP contribution < -0.4 is 5.73 Å². The molecule has 0 rings (SSSR count). The highest BCUT2D eigenvalue weighted by Gasteiger charge is 2.34. The lowest BCUT2D eigenvalue weighted by molar-refractivity contribution is -0.147. The molecule has 0 saturated heterocycles. The number of hydrogen-bond acceptors (Lipinski definition) is 1. The Bertz CT molecular complexity index is 68.2. The van der Waals surface area contributed by atoms with E-state index in [0.29, 0.717) is 0 Å². The van der Waals surface area contributed by atoms with Gasteiger partial charge in [-0.1, -0.05) is 6.92 Å². The van der Waals surface area contributed by atoms with Crippen molar-refractivity contribution >= 4 is 0 Å². The van der Waals surface area contributed by atoms with Crippen LogP contribution in [0.1, 0.15) is 13.3 Å². The minimum absolute atomic E-state index is 0.0521. The van der Waals surface area contributed by atoms with Gasteiger partial charge in [-0.15, -0.1) is 0 Å². The molecule has 0 spiro atoms. The minimum atomic E-state index is -4.21. The molecule has 0 aliphatic rings. The predicted octanol–water partition coefficient (Wildman–Crippen LogP) is 1.29. The summed E-state index contributed by atoms with van der Waals surface area (Å²) >= 11 is 0. The third-order valence-electron chi connectivity index (χ3n) is 0.860. The van der Waals surface area contributed by atoms with Crippen molar-refractivity contribution in [3.8, 4) is 0 Å². The van der Waals surface area contributed by atoms with Crippen molar-refractivity contribution in [2.75, 3.05) is 0 Å². The summed E-state index contributed by atoms with van der Waals surface area (Å²) in [5, 5.41) is 0. The lowest BCUT2D eigenvalue weighted by atomic mass is 10.2. The molecule has 0 radical (unpaired) electrons. The molecule has 0 fully saturated rings. The maximum absolute atomic E-state index is 11.3. The summed E-state index contributed by atoms with van der Waals surface area (Å²) < 4.78 is 34.0. The normalized spacial score (nSPS) is 16.1. The maximum atomic E-state index is 11.3. The van der Waals surface area contributed by atoms with Crippen LogP contribution in [0.2, 0.25) is 0 Å². The van der Waals surface area contributed by atoms with Crippen molar-refractivity contribution in [2.24, 2.45) is 5.73 Å². The molecular weight excluding hydrogens is 119 g/mol. The Morgan fingerprint density at radius 1 is 1.50 bits per heavy atom. The Labute approximate surface area is 45.7 Å². The summed E-state index contributed by atoms with van der Waals surface area (Å²) in [5.41, 5.74) is 4.62. The summed E-state index contributed by atoms with van der Waals surface area (Å²) in [6, 6.07) is -1.65. The van der Waals surface area contributed by atoms with Gasteiger partial charge in [-0.05, 0) is 6.42 Å². The second-order valence-corrected chi connectivity index (χ2v) is 1.56.